The summed E-state index contributed by atoms with van der Waals surface area (Å²) in [6.45, 7) is 7.77. The van der Waals surface area contributed by atoms with E-state index < -0.39 is 0 Å². The summed E-state index contributed by atoms with van der Waals surface area (Å²) in [5, 5.41) is 31.0. The Bertz CT molecular complexity index is 928. The number of hydrogen-bond acceptors (Lipinski definition) is 5. The summed E-state index contributed by atoms with van der Waals surface area (Å²) < 4.78 is 5.20. The molecule has 0 aliphatic heterocycles. The highest BCUT2D eigenvalue weighted by atomic mass is 16.5. The van der Waals surface area contributed by atoms with Crippen molar-refractivity contribution in [1.82, 2.24) is 0 Å². The number of ether oxygens (including phenoxy) is 1. The molecule has 2 aliphatic carbocycles. The maximum absolute atomic E-state index is 11.3. The molecular weight excluding hydrogens is 414 g/mol. The highest BCUT2D eigenvalue weighted by Crippen LogP contribution is 2.52. The van der Waals surface area contributed by atoms with Crippen molar-refractivity contribution in [3.63, 3.8) is 0 Å². The second kappa shape index (κ2) is 10.9. The Morgan fingerprint density at radius 1 is 1.21 bits per heavy atom. The fourth-order valence-corrected chi connectivity index (χ4v) is 5.53. The van der Waals surface area contributed by atoms with Crippen molar-refractivity contribution < 1.29 is 19.7 Å². The number of allylic oxidation sites excluding steroid dienone is 2. The van der Waals surface area contributed by atoms with Gasteiger partial charge in [0.1, 0.15) is 18.1 Å². The Morgan fingerprint density at radius 3 is 2.45 bits per heavy atom. The van der Waals surface area contributed by atoms with Gasteiger partial charge in [0.05, 0.1) is 6.07 Å². The number of carbonyl (C=O) groups is 1. The maximum Gasteiger partial charge on any atom is 0.302 e. The van der Waals surface area contributed by atoms with Gasteiger partial charge in [0.2, 0.25) is 0 Å². The van der Waals surface area contributed by atoms with Crippen LogP contribution in [0.2, 0.25) is 0 Å². The molecule has 0 amide bonds. The maximum atomic E-state index is 11.3. The zero-order valence-electron chi connectivity index (χ0n) is 20.0. The predicted octanol–water partition coefficient (Wildman–Crippen LogP) is 6.55. The lowest BCUT2D eigenvalue weighted by Gasteiger charge is -2.43. The molecule has 1 fully saturated rings. The third kappa shape index (κ3) is 5.79. The molecule has 5 nitrogen and oxygen atoms in total. The molecule has 2 N–H and O–H groups in total. The molecular formula is C28H37NO4. The smallest absolute Gasteiger partial charge is 0.302 e. The van der Waals surface area contributed by atoms with Crippen LogP contribution in [-0.4, -0.2) is 22.8 Å². The number of benzene rings is 1. The number of nitriles is 1. The molecule has 5 heteroatoms. The Balaban J connectivity index is 1.87. The molecule has 1 unspecified atom stereocenters. The number of unbranched alkanes of at least 4 members (excludes halogenated alkanes) is 3. The minimum atomic E-state index is -0.317. The Kier molecular flexibility index (Phi) is 8.24. The van der Waals surface area contributed by atoms with Crippen LogP contribution in [0, 0.1) is 17.2 Å². The highest BCUT2D eigenvalue weighted by molar-refractivity contribution is 5.66. The van der Waals surface area contributed by atoms with E-state index in [0.29, 0.717) is 12.0 Å². The number of rotatable bonds is 10. The lowest BCUT2D eigenvalue weighted by Crippen LogP contribution is -2.34. The van der Waals surface area contributed by atoms with E-state index in [4.69, 9.17) is 10.00 Å². The van der Waals surface area contributed by atoms with Gasteiger partial charge in [-0.1, -0.05) is 37.5 Å². The largest absolute Gasteiger partial charge is 0.507 e. The number of hydrogen-bond donors (Lipinski definition) is 2. The Hall–Kier alpha value is -2.74. The van der Waals surface area contributed by atoms with E-state index in [9.17, 15) is 15.0 Å². The van der Waals surface area contributed by atoms with E-state index in [1.54, 1.807) is 0 Å². The summed E-state index contributed by atoms with van der Waals surface area (Å²) in [6.07, 6.45) is 11.6. The molecule has 2 atom stereocenters. The molecule has 0 heterocycles. The van der Waals surface area contributed by atoms with Gasteiger partial charge < -0.3 is 14.9 Å². The molecule has 1 aromatic carbocycles. The number of esters is 1. The molecule has 178 valence electrons. The Labute approximate surface area is 197 Å². The van der Waals surface area contributed by atoms with E-state index in [2.05, 4.69) is 12.6 Å². The van der Waals surface area contributed by atoms with Crippen LogP contribution in [0.4, 0.5) is 0 Å². The summed E-state index contributed by atoms with van der Waals surface area (Å²) in [5.41, 5.74) is 3.58. The number of nitrogens with zero attached hydrogens (tertiary/aromatic N) is 1. The van der Waals surface area contributed by atoms with Gasteiger partial charge >= 0.3 is 5.97 Å². The lowest BCUT2D eigenvalue weighted by atomic mass is 9.61. The van der Waals surface area contributed by atoms with Crippen LogP contribution < -0.4 is 0 Å². The fourth-order valence-electron chi connectivity index (χ4n) is 5.53. The van der Waals surface area contributed by atoms with Crippen LogP contribution in [0.3, 0.4) is 0 Å². The quantitative estimate of drug-likeness (QED) is 0.239. The molecule has 1 aromatic rings. The average molecular weight is 452 g/mol. The Morgan fingerprint density at radius 2 is 1.91 bits per heavy atom. The zero-order valence-corrected chi connectivity index (χ0v) is 20.0. The molecule has 0 aromatic heterocycles. The van der Waals surface area contributed by atoms with Crippen LogP contribution >= 0.6 is 0 Å². The molecule has 0 bridgehead atoms. The van der Waals surface area contributed by atoms with Crippen molar-refractivity contribution in [3.8, 4) is 17.6 Å². The van der Waals surface area contributed by atoms with Crippen LogP contribution in [0.15, 0.2) is 35.9 Å². The highest BCUT2D eigenvalue weighted by Gasteiger charge is 2.40. The normalized spacial score (nSPS) is 21.4. The number of phenols is 2. The minimum absolute atomic E-state index is 0.0107. The molecule has 0 saturated heterocycles. The van der Waals surface area contributed by atoms with Gasteiger partial charge in [-0.05, 0) is 80.1 Å². The lowest BCUT2D eigenvalue weighted by molar-refractivity contribution is -0.140. The number of carbonyl (C=O) groups excluding carboxylic acids is 1. The first-order valence-corrected chi connectivity index (χ1v) is 12.2. The summed E-state index contributed by atoms with van der Waals surface area (Å²) >= 11 is 0. The van der Waals surface area contributed by atoms with Gasteiger partial charge in [-0.3, -0.25) is 4.79 Å². The molecule has 1 saturated carbocycles. The van der Waals surface area contributed by atoms with Gasteiger partial charge in [0.25, 0.3) is 0 Å². The fraction of sp³-hybridized carbons (Fsp3) is 0.571. The van der Waals surface area contributed by atoms with Crippen LogP contribution in [0.5, 0.6) is 11.5 Å². The first kappa shape index (κ1) is 24.9. The van der Waals surface area contributed by atoms with Crippen molar-refractivity contribution in [1.29, 1.82) is 5.26 Å². The topological polar surface area (TPSA) is 90.5 Å². The summed E-state index contributed by atoms with van der Waals surface area (Å²) in [4.78, 5) is 11.3. The van der Waals surface area contributed by atoms with Crippen LogP contribution in [0.25, 0.3) is 0 Å². The van der Waals surface area contributed by atoms with Crippen molar-refractivity contribution in [2.75, 3.05) is 6.61 Å². The van der Waals surface area contributed by atoms with Crippen LogP contribution in [-0.2, 0) is 14.9 Å². The van der Waals surface area contributed by atoms with Gasteiger partial charge in [0.15, 0.2) is 0 Å². The van der Waals surface area contributed by atoms with E-state index in [1.165, 1.54) is 6.92 Å². The summed E-state index contributed by atoms with van der Waals surface area (Å²) in [5.74, 6) is -0.169. The van der Waals surface area contributed by atoms with Gasteiger partial charge in [-0.25, -0.2) is 0 Å². The zero-order chi connectivity index (χ0) is 24.0. The minimum Gasteiger partial charge on any atom is -0.507 e. The second-order valence-electron chi connectivity index (χ2n) is 9.90. The van der Waals surface area contributed by atoms with Gasteiger partial charge in [0, 0.05) is 24.8 Å². The predicted molar refractivity (Wildman–Crippen MR) is 129 cm³/mol. The van der Waals surface area contributed by atoms with Crippen molar-refractivity contribution in [2.45, 2.75) is 89.4 Å². The number of aromatic hydroxyl groups is 2. The monoisotopic (exact) mass is 451 g/mol. The third-order valence-corrected chi connectivity index (χ3v) is 7.56. The molecule has 0 spiro atoms. The third-order valence-electron chi connectivity index (χ3n) is 7.56. The molecule has 2 aliphatic rings. The van der Waals surface area contributed by atoms with E-state index >= 15 is 0 Å². The van der Waals surface area contributed by atoms with E-state index in [1.807, 2.05) is 25.1 Å². The number of phenolic OH excluding ortho intramolecular Hbond substituents is 2. The second-order valence-corrected chi connectivity index (χ2v) is 9.90. The first-order valence-electron chi connectivity index (χ1n) is 12.2. The standard InChI is InChI=1S/C28H37NO4/c1-19(2)23-10-9-21(18-33-20(3)30)15-24(23)27-25(31)16-22(17-26(27)32)28(12-8-13-28)11-6-4-5-7-14-29/h15-17,23-24,31-32H,1,4-13,18H2,2-3H3/t23?,24-/m0/s1. The van der Waals surface area contributed by atoms with Crippen LogP contribution in [0.1, 0.15) is 95.1 Å². The van der Waals surface area contributed by atoms with E-state index in [0.717, 1.165) is 74.5 Å². The molecule has 33 heavy (non-hydrogen) atoms. The average Bonchev–Trinajstić information content (AvgIpc) is 2.73. The first-order chi connectivity index (χ1) is 15.8. The van der Waals surface area contributed by atoms with Crippen molar-refractivity contribution in [2.24, 2.45) is 5.92 Å². The van der Waals surface area contributed by atoms with Crippen molar-refractivity contribution >= 4 is 5.97 Å². The molecule has 3 rings (SSSR count). The van der Waals surface area contributed by atoms with Gasteiger partial charge in [-0.2, -0.15) is 5.26 Å². The summed E-state index contributed by atoms with van der Waals surface area (Å²) in [6, 6.07) is 5.91. The van der Waals surface area contributed by atoms with E-state index in [-0.39, 0.29) is 41.3 Å². The SMILES string of the molecule is C=C(C)C1CCC(COC(C)=O)=C[C@@H]1c1c(O)cc(C2(CCCCCC#N)CCC2)cc1O. The summed E-state index contributed by atoms with van der Waals surface area (Å²) in [7, 11) is 0. The van der Waals surface area contributed by atoms with Crippen molar-refractivity contribution in [3.05, 3.63) is 47.1 Å². The van der Waals surface area contributed by atoms with Gasteiger partial charge in [-0.15, -0.1) is 0 Å². The molecule has 0 radical (unpaired) electrons.